The molecule has 1 aliphatic carbocycles. The van der Waals surface area contributed by atoms with E-state index in [0.29, 0.717) is 13.1 Å². The Bertz CT molecular complexity index is 542. The number of rotatable bonds is 5. The van der Waals surface area contributed by atoms with Gasteiger partial charge in [0.2, 0.25) is 0 Å². The summed E-state index contributed by atoms with van der Waals surface area (Å²) in [6.07, 6.45) is -1.23. The lowest BCUT2D eigenvalue weighted by Gasteiger charge is -2.53. The summed E-state index contributed by atoms with van der Waals surface area (Å²) in [6.45, 7) is 8.86. The first-order valence-corrected chi connectivity index (χ1v) is 10.1. The zero-order chi connectivity index (χ0) is 21.4. The number of amides is 1. The van der Waals surface area contributed by atoms with Crippen LogP contribution in [0.3, 0.4) is 0 Å². The molecule has 1 amide bonds. The summed E-state index contributed by atoms with van der Waals surface area (Å²) in [5.74, 6) is 0. The van der Waals surface area contributed by atoms with Gasteiger partial charge >= 0.3 is 12.3 Å². The third-order valence-electron chi connectivity index (χ3n) is 6.05. The lowest BCUT2D eigenvalue weighted by atomic mass is 9.60. The zero-order valence-electron chi connectivity index (χ0n) is 17.7. The van der Waals surface area contributed by atoms with Crippen LogP contribution in [0.5, 0.6) is 0 Å². The molecule has 1 unspecified atom stereocenters. The summed E-state index contributed by atoms with van der Waals surface area (Å²) in [5, 5.41) is 12.7. The van der Waals surface area contributed by atoms with Gasteiger partial charge in [-0.2, -0.15) is 13.2 Å². The number of nitrogens with one attached hydrogen (secondary N) is 1. The molecule has 2 rings (SSSR count). The molecule has 164 valence electrons. The first kappa shape index (κ1) is 23.3. The fraction of sp³-hybridized carbons (Fsp3) is 0.950. The van der Waals surface area contributed by atoms with Gasteiger partial charge in [0.05, 0.1) is 12.0 Å². The Labute approximate surface area is 166 Å². The van der Waals surface area contributed by atoms with Gasteiger partial charge in [0.15, 0.2) is 0 Å². The minimum Gasteiger partial charge on any atom is -0.444 e. The summed E-state index contributed by atoms with van der Waals surface area (Å²) in [5.41, 5.74) is -2.20. The molecular weight excluding hydrogens is 373 g/mol. The number of piperidine rings is 1. The first-order valence-electron chi connectivity index (χ1n) is 10.1. The predicted molar refractivity (Wildman–Crippen MR) is 101 cm³/mol. The van der Waals surface area contributed by atoms with Crippen molar-refractivity contribution in [2.24, 2.45) is 10.8 Å². The van der Waals surface area contributed by atoms with Crippen LogP contribution in [0.2, 0.25) is 0 Å². The second kappa shape index (κ2) is 8.01. The molecule has 1 aliphatic heterocycles. The number of carbonyl (C=O) groups is 1. The van der Waals surface area contributed by atoms with E-state index < -0.39 is 23.2 Å². The van der Waals surface area contributed by atoms with Gasteiger partial charge in [0.25, 0.3) is 0 Å². The van der Waals surface area contributed by atoms with Crippen molar-refractivity contribution < 1.29 is 27.8 Å². The number of likely N-dealkylation sites (tertiary alicyclic amines) is 1. The Morgan fingerprint density at radius 1 is 1.18 bits per heavy atom. The number of aliphatic hydroxyl groups excluding tert-OH is 1. The molecule has 2 fully saturated rings. The SMILES string of the molecule is CC(C)(C)OC(=O)N1CCC2(CC1)CC(NC(CO)CC(C)(C)C(F)(F)F)C2. The highest BCUT2D eigenvalue weighted by atomic mass is 19.4. The van der Waals surface area contributed by atoms with E-state index >= 15 is 0 Å². The summed E-state index contributed by atoms with van der Waals surface area (Å²) in [6, 6.07) is -0.449. The largest absolute Gasteiger partial charge is 0.444 e. The fourth-order valence-corrected chi connectivity index (χ4v) is 4.24. The van der Waals surface area contributed by atoms with Crippen LogP contribution in [-0.4, -0.2) is 59.7 Å². The van der Waals surface area contributed by atoms with Crippen LogP contribution in [0.1, 0.15) is 66.7 Å². The van der Waals surface area contributed by atoms with Crippen molar-refractivity contribution in [2.75, 3.05) is 19.7 Å². The normalized spacial score (nSPS) is 22.1. The summed E-state index contributed by atoms with van der Waals surface area (Å²) < 4.78 is 44.7. The Kier molecular flexibility index (Phi) is 6.66. The van der Waals surface area contributed by atoms with Gasteiger partial charge in [-0.25, -0.2) is 4.79 Å². The molecule has 8 heteroatoms. The number of ether oxygens (including phenoxy) is 1. The molecule has 0 aromatic rings. The second-order valence-corrected chi connectivity index (χ2v) is 10.2. The molecule has 1 atom stereocenters. The highest BCUT2D eigenvalue weighted by molar-refractivity contribution is 5.68. The van der Waals surface area contributed by atoms with Crippen molar-refractivity contribution in [3.8, 4) is 0 Å². The summed E-state index contributed by atoms with van der Waals surface area (Å²) in [4.78, 5) is 13.9. The van der Waals surface area contributed by atoms with Gasteiger partial charge in [-0.3, -0.25) is 0 Å². The standard InChI is InChI=1S/C20H35F3N2O3/c1-17(2,3)28-16(27)25-8-6-19(7-9-25)11-14(12-19)24-15(13-26)10-18(4,5)20(21,22)23/h14-15,24,26H,6-13H2,1-5H3. The van der Waals surface area contributed by atoms with E-state index in [2.05, 4.69) is 5.32 Å². The highest BCUT2D eigenvalue weighted by Crippen LogP contribution is 2.49. The van der Waals surface area contributed by atoms with Crippen molar-refractivity contribution in [3.63, 3.8) is 0 Å². The van der Waals surface area contributed by atoms with E-state index in [-0.39, 0.29) is 30.6 Å². The third-order valence-corrected chi connectivity index (χ3v) is 6.05. The van der Waals surface area contributed by atoms with Crippen molar-refractivity contribution in [3.05, 3.63) is 0 Å². The molecule has 0 aromatic heterocycles. The maximum atomic E-state index is 13.1. The van der Waals surface area contributed by atoms with Crippen LogP contribution < -0.4 is 5.32 Å². The Morgan fingerprint density at radius 2 is 1.71 bits per heavy atom. The van der Waals surface area contributed by atoms with Crippen LogP contribution in [0.25, 0.3) is 0 Å². The van der Waals surface area contributed by atoms with E-state index in [1.807, 2.05) is 20.8 Å². The first-order chi connectivity index (χ1) is 12.7. The maximum absolute atomic E-state index is 13.1. The summed E-state index contributed by atoms with van der Waals surface area (Å²) in [7, 11) is 0. The Morgan fingerprint density at radius 3 is 2.14 bits per heavy atom. The van der Waals surface area contributed by atoms with E-state index in [0.717, 1.165) is 25.7 Å². The fourth-order valence-electron chi connectivity index (χ4n) is 4.24. The van der Waals surface area contributed by atoms with E-state index in [1.54, 1.807) is 4.90 Å². The molecule has 1 spiro atoms. The minimum atomic E-state index is -4.29. The van der Waals surface area contributed by atoms with Crippen LogP contribution in [-0.2, 0) is 4.74 Å². The van der Waals surface area contributed by atoms with E-state index in [4.69, 9.17) is 4.74 Å². The number of hydrogen-bond donors (Lipinski definition) is 2. The van der Waals surface area contributed by atoms with Gasteiger partial charge in [0.1, 0.15) is 5.60 Å². The topological polar surface area (TPSA) is 61.8 Å². The Hall–Kier alpha value is -1.02. The van der Waals surface area contributed by atoms with Crippen molar-refractivity contribution in [2.45, 2.75) is 90.6 Å². The quantitative estimate of drug-likeness (QED) is 0.719. The molecule has 0 bridgehead atoms. The van der Waals surface area contributed by atoms with Gasteiger partial charge in [-0.1, -0.05) is 13.8 Å². The van der Waals surface area contributed by atoms with Crippen LogP contribution in [0.4, 0.5) is 18.0 Å². The monoisotopic (exact) mass is 408 g/mol. The second-order valence-electron chi connectivity index (χ2n) is 10.2. The van der Waals surface area contributed by atoms with Crippen molar-refractivity contribution in [1.82, 2.24) is 10.2 Å². The molecule has 5 nitrogen and oxygen atoms in total. The molecule has 1 heterocycles. The number of alkyl halides is 3. The molecule has 0 radical (unpaired) electrons. The van der Waals surface area contributed by atoms with Crippen LogP contribution in [0, 0.1) is 10.8 Å². The Balaban J connectivity index is 1.79. The van der Waals surface area contributed by atoms with Crippen molar-refractivity contribution >= 4 is 6.09 Å². The number of halogens is 3. The number of carbonyl (C=O) groups excluding carboxylic acids is 1. The average molecular weight is 409 g/mol. The smallest absolute Gasteiger partial charge is 0.410 e. The molecular formula is C20H35F3N2O3. The highest BCUT2D eigenvalue weighted by Gasteiger charge is 2.50. The zero-order valence-corrected chi connectivity index (χ0v) is 17.7. The lowest BCUT2D eigenvalue weighted by Crippen LogP contribution is -2.57. The molecule has 1 saturated carbocycles. The number of nitrogens with zero attached hydrogens (tertiary/aromatic N) is 1. The van der Waals surface area contributed by atoms with Gasteiger partial charge in [-0.05, 0) is 58.3 Å². The van der Waals surface area contributed by atoms with Gasteiger partial charge in [0, 0.05) is 25.2 Å². The van der Waals surface area contributed by atoms with Crippen LogP contribution >= 0.6 is 0 Å². The number of hydrogen-bond acceptors (Lipinski definition) is 4. The molecule has 2 N–H and O–H groups in total. The van der Waals surface area contributed by atoms with E-state index in [1.165, 1.54) is 13.8 Å². The number of aliphatic hydroxyl groups is 1. The molecule has 2 aliphatic rings. The van der Waals surface area contributed by atoms with Crippen molar-refractivity contribution in [1.29, 1.82) is 0 Å². The third kappa shape index (κ3) is 5.75. The molecule has 28 heavy (non-hydrogen) atoms. The maximum Gasteiger partial charge on any atom is 0.410 e. The molecule has 0 aromatic carbocycles. The van der Waals surface area contributed by atoms with Gasteiger partial charge in [-0.15, -0.1) is 0 Å². The average Bonchev–Trinajstić information content (AvgIpc) is 2.50. The van der Waals surface area contributed by atoms with Gasteiger partial charge < -0.3 is 20.1 Å². The van der Waals surface area contributed by atoms with E-state index in [9.17, 15) is 23.1 Å². The summed E-state index contributed by atoms with van der Waals surface area (Å²) >= 11 is 0. The lowest BCUT2D eigenvalue weighted by molar-refractivity contribution is -0.216. The predicted octanol–water partition coefficient (Wildman–Crippen LogP) is 4.10. The minimum absolute atomic E-state index is 0.120. The van der Waals surface area contributed by atoms with Crippen LogP contribution in [0.15, 0.2) is 0 Å². The molecule has 1 saturated heterocycles.